The van der Waals surface area contributed by atoms with Crippen LogP contribution in [0.15, 0.2) is 48.7 Å². The van der Waals surface area contributed by atoms with Gasteiger partial charge < -0.3 is 10.2 Å². The molecule has 132 valence electrons. The van der Waals surface area contributed by atoms with Crippen molar-refractivity contribution >= 4 is 45.0 Å². The Kier molecular flexibility index (Phi) is 4.93. The van der Waals surface area contributed by atoms with Gasteiger partial charge in [-0.3, -0.25) is 4.79 Å². The Labute approximate surface area is 156 Å². The largest absolute Gasteiger partial charge is 0.355 e. The minimum Gasteiger partial charge on any atom is -0.355 e. The molecule has 4 rings (SSSR count). The quantitative estimate of drug-likeness (QED) is 0.700. The van der Waals surface area contributed by atoms with Crippen LogP contribution in [-0.2, 0) is 4.79 Å². The highest BCUT2D eigenvalue weighted by molar-refractivity contribution is 7.19. The lowest BCUT2D eigenvalue weighted by Crippen LogP contribution is -2.31. The van der Waals surface area contributed by atoms with Crippen LogP contribution in [0.1, 0.15) is 24.3 Å². The number of benzene rings is 1. The Hall–Kier alpha value is -2.73. The van der Waals surface area contributed by atoms with Gasteiger partial charge in [0.15, 0.2) is 5.82 Å². The fourth-order valence-electron chi connectivity index (χ4n) is 3.13. The second-order valence-corrected chi connectivity index (χ2v) is 7.33. The molecule has 1 amide bonds. The summed E-state index contributed by atoms with van der Waals surface area (Å²) in [5, 5.41) is 3.78. The second-order valence-electron chi connectivity index (χ2n) is 6.26. The van der Waals surface area contributed by atoms with Gasteiger partial charge in [0, 0.05) is 25.4 Å². The number of pyridine rings is 1. The third-order valence-corrected chi connectivity index (χ3v) is 5.39. The van der Waals surface area contributed by atoms with E-state index in [1.165, 1.54) is 25.3 Å². The van der Waals surface area contributed by atoms with Crippen molar-refractivity contribution in [2.45, 2.75) is 19.3 Å². The molecule has 0 atom stereocenters. The number of anilines is 2. The van der Waals surface area contributed by atoms with Gasteiger partial charge in [0.25, 0.3) is 0 Å². The summed E-state index contributed by atoms with van der Waals surface area (Å²) in [6.07, 6.45) is 8.66. The van der Waals surface area contributed by atoms with Crippen molar-refractivity contribution in [1.29, 1.82) is 0 Å². The SMILES string of the molecule is O=C(/C=C/c1nc2ccccc2s1)Nc1cccnc1N1CCCCC1. The third kappa shape index (κ3) is 3.75. The van der Waals surface area contributed by atoms with Crippen molar-refractivity contribution in [1.82, 2.24) is 9.97 Å². The van der Waals surface area contributed by atoms with Crippen molar-refractivity contribution in [3.8, 4) is 0 Å². The summed E-state index contributed by atoms with van der Waals surface area (Å²) < 4.78 is 1.12. The average molecular weight is 364 g/mol. The minimum absolute atomic E-state index is 0.171. The summed E-state index contributed by atoms with van der Waals surface area (Å²) in [7, 11) is 0. The third-order valence-electron chi connectivity index (χ3n) is 4.39. The number of fused-ring (bicyclic) bond motifs is 1. The van der Waals surface area contributed by atoms with E-state index in [4.69, 9.17) is 0 Å². The van der Waals surface area contributed by atoms with E-state index in [2.05, 4.69) is 20.2 Å². The molecule has 0 unspecified atom stereocenters. The number of aromatic nitrogens is 2. The van der Waals surface area contributed by atoms with Crippen LogP contribution >= 0.6 is 11.3 Å². The topological polar surface area (TPSA) is 58.1 Å². The first kappa shape index (κ1) is 16.7. The van der Waals surface area contributed by atoms with Crippen LogP contribution in [-0.4, -0.2) is 29.0 Å². The molecule has 0 aliphatic carbocycles. The Morgan fingerprint density at radius 1 is 1.12 bits per heavy atom. The number of piperidine rings is 1. The number of thiazole rings is 1. The standard InChI is InChI=1S/C20H20N4OS/c25-18(10-11-19-23-15-7-2-3-9-17(15)26-19)22-16-8-6-12-21-20(16)24-13-4-1-5-14-24/h2-3,6-12H,1,4-5,13-14H2,(H,22,25)/b11-10+. The molecule has 1 N–H and O–H groups in total. The molecule has 3 aromatic rings. The first-order chi connectivity index (χ1) is 12.8. The molecule has 1 fully saturated rings. The molecule has 0 bridgehead atoms. The first-order valence-electron chi connectivity index (χ1n) is 8.84. The van der Waals surface area contributed by atoms with Crippen LogP contribution in [0.4, 0.5) is 11.5 Å². The van der Waals surface area contributed by atoms with E-state index in [-0.39, 0.29) is 5.91 Å². The van der Waals surface area contributed by atoms with Crippen molar-refractivity contribution in [3.05, 3.63) is 53.7 Å². The van der Waals surface area contributed by atoms with Gasteiger partial charge in [-0.05, 0) is 49.6 Å². The van der Waals surface area contributed by atoms with Crippen LogP contribution in [0.5, 0.6) is 0 Å². The van der Waals surface area contributed by atoms with Gasteiger partial charge in [0.1, 0.15) is 5.01 Å². The fourth-order valence-corrected chi connectivity index (χ4v) is 4.01. The van der Waals surface area contributed by atoms with E-state index in [1.807, 2.05) is 36.4 Å². The highest BCUT2D eigenvalue weighted by atomic mass is 32.1. The summed E-state index contributed by atoms with van der Waals surface area (Å²) >= 11 is 1.57. The molecule has 26 heavy (non-hydrogen) atoms. The summed E-state index contributed by atoms with van der Waals surface area (Å²) in [4.78, 5) is 23.6. The number of nitrogens with zero attached hydrogens (tertiary/aromatic N) is 3. The maximum Gasteiger partial charge on any atom is 0.248 e. The zero-order valence-electron chi connectivity index (χ0n) is 14.4. The number of nitrogens with one attached hydrogen (secondary N) is 1. The monoisotopic (exact) mass is 364 g/mol. The number of carbonyl (C=O) groups is 1. The number of carbonyl (C=O) groups excluding carboxylic acids is 1. The molecule has 0 radical (unpaired) electrons. The van der Waals surface area contributed by atoms with E-state index in [0.717, 1.165) is 39.8 Å². The van der Waals surface area contributed by atoms with Gasteiger partial charge in [0.05, 0.1) is 15.9 Å². The normalized spacial score (nSPS) is 14.8. The molecule has 6 heteroatoms. The van der Waals surface area contributed by atoms with Crippen molar-refractivity contribution < 1.29 is 4.79 Å². The summed E-state index contributed by atoms with van der Waals surface area (Å²) in [6, 6.07) is 11.7. The van der Waals surface area contributed by atoms with Crippen molar-refractivity contribution in [3.63, 3.8) is 0 Å². The molecular formula is C20H20N4OS. The van der Waals surface area contributed by atoms with Gasteiger partial charge in [-0.25, -0.2) is 9.97 Å². The molecule has 0 saturated carbocycles. The smallest absolute Gasteiger partial charge is 0.248 e. The average Bonchev–Trinajstić information content (AvgIpc) is 3.11. The van der Waals surface area contributed by atoms with Crippen LogP contribution in [0, 0.1) is 0 Å². The van der Waals surface area contributed by atoms with E-state index in [1.54, 1.807) is 23.6 Å². The molecule has 1 aromatic carbocycles. The van der Waals surface area contributed by atoms with Crippen molar-refractivity contribution in [2.75, 3.05) is 23.3 Å². The Balaban J connectivity index is 1.47. The maximum absolute atomic E-state index is 12.4. The van der Waals surface area contributed by atoms with Crippen LogP contribution < -0.4 is 10.2 Å². The predicted molar refractivity (Wildman–Crippen MR) is 108 cm³/mol. The van der Waals surface area contributed by atoms with E-state index in [9.17, 15) is 4.79 Å². The molecule has 1 aliphatic heterocycles. The van der Waals surface area contributed by atoms with E-state index >= 15 is 0 Å². The fraction of sp³-hybridized carbons (Fsp3) is 0.250. The number of rotatable bonds is 4. The second kappa shape index (κ2) is 7.66. The van der Waals surface area contributed by atoms with Crippen LogP contribution in [0.3, 0.4) is 0 Å². The number of hydrogen-bond acceptors (Lipinski definition) is 5. The van der Waals surface area contributed by atoms with Gasteiger partial charge in [-0.2, -0.15) is 0 Å². The molecule has 5 nitrogen and oxygen atoms in total. The van der Waals surface area contributed by atoms with Crippen LogP contribution in [0.25, 0.3) is 16.3 Å². The lowest BCUT2D eigenvalue weighted by atomic mass is 10.1. The Bertz CT molecular complexity index is 911. The van der Waals surface area contributed by atoms with Crippen molar-refractivity contribution in [2.24, 2.45) is 0 Å². The lowest BCUT2D eigenvalue weighted by Gasteiger charge is -2.29. The molecule has 1 aliphatic rings. The minimum atomic E-state index is -0.171. The lowest BCUT2D eigenvalue weighted by molar-refractivity contribution is -0.111. The van der Waals surface area contributed by atoms with E-state index < -0.39 is 0 Å². The highest BCUT2D eigenvalue weighted by Crippen LogP contribution is 2.26. The summed E-state index contributed by atoms with van der Waals surface area (Å²) in [6.45, 7) is 1.98. The summed E-state index contributed by atoms with van der Waals surface area (Å²) in [5.41, 5.74) is 1.71. The van der Waals surface area contributed by atoms with E-state index in [0.29, 0.717) is 0 Å². The van der Waals surface area contributed by atoms with Crippen LogP contribution in [0.2, 0.25) is 0 Å². The number of hydrogen-bond donors (Lipinski definition) is 1. The zero-order chi connectivity index (χ0) is 17.8. The highest BCUT2D eigenvalue weighted by Gasteiger charge is 2.16. The molecule has 1 saturated heterocycles. The predicted octanol–water partition coefficient (Wildman–Crippen LogP) is 4.33. The molecular weight excluding hydrogens is 344 g/mol. The Morgan fingerprint density at radius 3 is 2.81 bits per heavy atom. The zero-order valence-corrected chi connectivity index (χ0v) is 15.2. The van der Waals surface area contributed by atoms with Gasteiger partial charge in [0.2, 0.25) is 5.91 Å². The maximum atomic E-state index is 12.4. The molecule has 0 spiro atoms. The number of para-hydroxylation sites is 1. The molecule has 2 aromatic heterocycles. The molecule has 3 heterocycles. The Morgan fingerprint density at radius 2 is 1.96 bits per heavy atom. The summed E-state index contributed by atoms with van der Waals surface area (Å²) in [5.74, 6) is 0.685. The van der Waals surface area contributed by atoms with Gasteiger partial charge >= 0.3 is 0 Å². The van der Waals surface area contributed by atoms with Gasteiger partial charge in [-0.15, -0.1) is 11.3 Å². The first-order valence-corrected chi connectivity index (χ1v) is 9.66. The van der Waals surface area contributed by atoms with Gasteiger partial charge in [-0.1, -0.05) is 12.1 Å². The number of amides is 1.